The van der Waals surface area contributed by atoms with Crippen molar-refractivity contribution >= 4 is 52.3 Å². The van der Waals surface area contributed by atoms with Crippen LogP contribution < -0.4 is 10.2 Å². The molecule has 166 valence electrons. The van der Waals surface area contributed by atoms with Gasteiger partial charge in [0.15, 0.2) is 5.16 Å². The van der Waals surface area contributed by atoms with E-state index < -0.39 is 10.3 Å². The zero-order valence-corrected chi connectivity index (χ0v) is 19.1. The largest absolute Gasteiger partial charge is 0.466 e. The van der Waals surface area contributed by atoms with Gasteiger partial charge < -0.3 is 15.0 Å². The van der Waals surface area contributed by atoms with Gasteiger partial charge in [0.1, 0.15) is 0 Å². The molecule has 0 spiro atoms. The van der Waals surface area contributed by atoms with E-state index in [1.807, 2.05) is 18.1 Å². The van der Waals surface area contributed by atoms with Gasteiger partial charge in [0.05, 0.1) is 16.9 Å². The summed E-state index contributed by atoms with van der Waals surface area (Å²) in [4.78, 5) is 34.5. The molecular formula is C20H24ClN5O4S. The van der Waals surface area contributed by atoms with Gasteiger partial charge in [0, 0.05) is 23.8 Å². The molecule has 31 heavy (non-hydrogen) atoms. The highest BCUT2D eigenvalue weighted by Crippen LogP contribution is 2.40. The van der Waals surface area contributed by atoms with Crippen molar-refractivity contribution in [2.24, 2.45) is 5.41 Å². The summed E-state index contributed by atoms with van der Waals surface area (Å²) < 4.78 is 5.20. The van der Waals surface area contributed by atoms with Crippen LogP contribution >= 0.6 is 23.4 Å². The Morgan fingerprint density at radius 1 is 1.32 bits per heavy atom. The predicted molar refractivity (Wildman–Crippen MR) is 121 cm³/mol. The summed E-state index contributed by atoms with van der Waals surface area (Å²) in [5.74, 6) is 0.119. The molecule has 1 aliphatic rings. The molecule has 0 amide bonds. The zero-order valence-electron chi connectivity index (χ0n) is 17.6. The minimum atomic E-state index is -0.610. The maximum Gasteiger partial charge on any atom is 0.353 e. The summed E-state index contributed by atoms with van der Waals surface area (Å²) in [5.41, 5.74) is -0.189. The van der Waals surface area contributed by atoms with Gasteiger partial charge in [0.25, 0.3) is 0 Å². The first-order valence-electron chi connectivity index (χ1n) is 9.82. The molecule has 9 nitrogen and oxygen atoms in total. The average Bonchev–Trinajstić information content (AvgIpc) is 2.75. The number of hydrogen-bond acceptors (Lipinski definition) is 9. The van der Waals surface area contributed by atoms with Crippen LogP contribution in [0.2, 0.25) is 5.02 Å². The molecule has 0 saturated carbocycles. The molecule has 2 aromatic rings. The van der Waals surface area contributed by atoms with Crippen LogP contribution in [0.25, 0.3) is 0 Å². The second-order valence-electron chi connectivity index (χ2n) is 7.39. The summed E-state index contributed by atoms with van der Waals surface area (Å²) >= 11 is 7.23. The van der Waals surface area contributed by atoms with Crippen molar-refractivity contribution in [3.63, 3.8) is 0 Å². The zero-order chi connectivity index (χ0) is 22.6. The Kier molecular flexibility index (Phi) is 7.22. The summed E-state index contributed by atoms with van der Waals surface area (Å²) in [5, 5.41) is 16.0. The third-order valence-electron chi connectivity index (χ3n) is 5.25. The Labute approximate surface area is 189 Å². The molecule has 1 aliphatic heterocycles. The van der Waals surface area contributed by atoms with Crippen molar-refractivity contribution in [3.05, 3.63) is 39.4 Å². The summed E-state index contributed by atoms with van der Waals surface area (Å²) in [6, 6.07) is 6.82. The lowest BCUT2D eigenvalue weighted by atomic mass is 9.80. The maximum atomic E-state index is 12.3. The van der Waals surface area contributed by atoms with E-state index in [0.29, 0.717) is 48.4 Å². The van der Waals surface area contributed by atoms with Gasteiger partial charge >= 0.3 is 11.7 Å². The van der Waals surface area contributed by atoms with Gasteiger partial charge in [-0.15, -0.1) is 0 Å². The van der Waals surface area contributed by atoms with Gasteiger partial charge in [-0.3, -0.25) is 14.9 Å². The number of thioether (sulfide) groups is 1. The van der Waals surface area contributed by atoms with Gasteiger partial charge in [-0.1, -0.05) is 23.4 Å². The van der Waals surface area contributed by atoms with Crippen LogP contribution in [0.3, 0.4) is 0 Å². The van der Waals surface area contributed by atoms with Crippen molar-refractivity contribution in [3.8, 4) is 0 Å². The Balaban J connectivity index is 1.94. The molecule has 1 aromatic heterocycles. The van der Waals surface area contributed by atoms with Crippen molar-refractivity contribution < 1.29 is 14.5 Å². The fourth-order valence-corrected chi connectivity index (χ4v) is 3.87. The average molecular weight is 466 g/mol. The normalized spacial score (nSPS) is 15.4. The van der Waals surface area contributed by atoms with Crippen molar-refractivity contribution in [1.29, 1.82) is 0 Å². The fraction of sp³-hybridized carbons (Fsp3) is 0.450. The Morgan fingerprint density at radius 2 is 1.97 bits per heavy atom. The molecule has 2 heterocycles. The lowest BCUT2D eigenvalue weighted by Crippen LogP contribution is -2.44. The lowest BCUT2D eigenvalue weighted by Gasteiger charge is -2.37. The number of halogens is 1. The summed E-state index contributed by atoms with van der Waals surface area (Å²) in [6.45, 7) is 4.87. The monoisotopic (exact) mass is 465 g/mol. The molecule has 0 atom stereocenters. The molecule has 0 aliphatic carbocycles. The van der Waals surface area contributed by atoms with E-state index >= 15 is 0 Å². The number of nitro groups is 1. The molecule has 1 saturated heterocycles. The minimum absolute atomic E-state index is 0.111. The number of aromatic nitrogens is 2. The van der Waals surface area contributed by atoms with Crippen LogP contribution in [0.5, 0.6) is 0 Å². The van der Waals surface area contributed by atoms with Crippen LogP contribution in [0.1, 0.15) is 26.7 Å². The molecular weight excluding hydrogens is 442 g/mol. The fourth-order valence-electron chi connectivity index (χ4n) is 3.38. The van der Waals surface area contributed by atoms with Gasteiger partial charge in [0.2, 0.25) is 11.6 Å². The highest BCUT2D eigenvalue weighted by Gasteiger charge is 2.40. The number of carbonyl (C=O) groups excluding carboxylic acids is 1. The smallest absolute Gasteiger partial charge is 0.353 e. The van der Waals surface area contributed by atoms with Gasteiger partial charge in [-0.2, -0.15) is 9.97 Å². The van der Waals surface area contributed by atoms with Crippen LogP contribution in [0.4, 0.5) is 23.0 Å². The number of ether oxygens (including phenoxy) is 1. The number of esters is 1. The van der Waals surface area contributed by atoms with Crippen LogP contribution in [0.15, 0.2) is 29.4 Å². The number of anilines is 3. The SMILES string of the molecule is CCOC(=O)C1(C)CCN(c2nc(SC)nc(Nc3ccc(Cl)cc3)c2[N+](=O)[O-])CC1. The second kappa shape index (κ2) is 9.69. The second-order valence-corrected chi connectivity index (χ2v) is 8.60. The van der Waals surface area contributed by atoms with Crippen LogP contribution in [-0.4, -0.2) is 46.8 Å². The molecule has 1 fully saturated rings. The topological polar surface area (TPSA) is 110 Å². The van der Waals surface area contributed by atoms with E-state index in [1.165, 1.54) is 11.8 Å². The Hall–Kier alpha value is -2.59. The molecule has 3 rings (SSSR count). The standard InChI is InChI=1S/C20H24ClN5O4S/c1-4-30-18(27)20(2)9-11-25(12-10-20)17-15(26(28)29)16(23-19(24-17)31-3)22-14-7-5-13(21)6-8-14/h5-8H,4,9-12H2,1-3H3,(H,22,23,24). The first kappa shape index (κ1) is 23.1. The Bertz CT molecular complexity index is 965. The molecule has 1 N–H and O–H groups in total. The van der Waals surface area contributed by atoms with E-state index in [1.54, 1.807) is 31.2 Å². The first-order chi connectivity index (χ1) is 14.8. The molecule has 11 heteroatoms. The number of hydrogen-bond donors (Lipinski definition) is 1. The van der Waals surface area contributed by atoms with Crippen LogP contribution in [-0.2, 0) is 9.53 Å². The van der Waals surface area contributed by atoms with E-state index in [9.17, 15) is 14.9 Å². The van der Waals surface area contributed by atoms with E-state index in [0.717, 1.165) is 0 Å². The van der Waals surface area contributed by atoms with E-state index in [4.69, 9.17) is 16.3 Å². The number of nitrogens with one attached hydrogen (secondary N) is 1. The third-order valence-corrected chi connectivity index (χ3v) is 6.05. The highest BCUT2D eigenvalue weighted by atomic mass is 35.5. The predicted octanol–water partition coefficient (Wildman–Crippen LogP) is 4.67. The van der Waals surface area contributed by atoms with E-state index in [-0.39, 0.29) is 23.3 Å². The minimum Gasteiger partial charge on any atom is -0.466 e. The molecule has 0 unspecified atom stereocenters. The lowest BCUT2D eigenvalue weighted by molar-refractivity contribution is -0.383. The molecule has 0 radical (unpaired) electrons. The third kappa shape index (κ3) is 5.19. The van der Waals surface area contributed by atoms with Gasteiger partial charge in [-0.05, 0) is 57.2 Å². The van der Waals surface area contributed by atoms with Crippen LogP contribution in [0, 0.1) is 15.5 Å². The number of piperidine rings is 1. The number of rotatable bonds is 7. The summed E-state index contributed by atoms with van der Waals surface area (Å²) in [6.07, 6.45) is 2.84. The van der Waals surface area contributed by atoms with Crippen molar-refractivity contribution in [2.75, 3.05) is 36.2 Å². The van der Waals surface area contributed by atoms with Gasteiger partial charge in [-0.25, -0.2) is 0 Å². The highest BCUT2D eigenvalue weighted by molar-refractivity contribution is 7.98. The maximum absolute atomic E-state index is 12.3. The Morgan fingerprint density at radius 3 is 2.52 bits per heavy atom. The van der Waals surface area contributed by atoms with Crippen molar-refractivity contribution in [2.45, 2.75) is 31.8 Å². The number of nitrogens with zero attached hydrogens (tertiary/aromatic N) is 4. The summed E-state index contributed by atoms with van der Waals surface area (Å²) in [7, 11) is 0. The van der Waals surface area contributed by atoms with Crippen molar-refractivity contribution in [1.82, 2.24) is 9.97 Å². The quantitative estimate of drug-likeness (QED) is 0.205. The number of benzene rings is 1. The molecule has 0 bridgehead atoms. The first-order valence-corrected chi connectivity index (χ1v) is 11.4. The van der Waals surface area contributed by atoms with E-state index in [2.05, 4.69) is 15.3 Å². The molecule has 1 aromatic carbocycles. The number of carbonyl (C=O) groups is 1.